The van der Waals surface area contributed by atoms with Gasteiger partial charge >= 0.3 is 0 Å². The van der Waals surface area contributed by atoms with Gasteiger partial charge in [0.25, 0.3) is 0 Å². The monoisotopic (exact) mass is 268 g/mol. The first-order valence-electron chi connectivity index (χ1n) is 7.90. The number of hydrogen-bond acceptors (Lipinski definition) is 2. The van der Waals surface area contributed by atoms with Gasteiger partial charge in [0.1, 0.15) is 0 Å². The molecular formula is C18H24N2. The molecule has 0 spiro atoms. The summed E-state index contributed by atoms with van der Waals surface area (Å²) in [7, 11) is 0. The lowest BCUT2D eigenvalue weighted by atomic mass is 9.96. The number of aromatic nitrogens is 1. The molecule has 2 heteroatoms. The van der Waals surface area contributed by atoms with Crippen LogP contribution in [0.1, 0.15) is 44.6 Å². The number of pyridine rings is 1. The van der Waals surface area contributed by atoms with Crippen molar-refractivity contribution < 1.29 is 0 Å². The van der Waals surface area contributed by atoms with Crippen LogP contribution in [0.5, 0.6) is 0 Å². The van der Waals surface area contributed by atoms with Gasteiger partial charge in [-0.05, 0) is 30.4 Å². The second kappa shape index (κ2) is 6.36. The highest BCUT2D eigenvalue weighted by Crippen LogP contribution is 2.24. The number of benzene rings is 1. The highest BCUT2D eigenvalue weighted by atomic mass is 14.9. The SMILES string of the molecule is CC1CCCCCC1NCc1cccc2cccnc12. The first-order chi connectivity index (χ1) is 9.84. The van der Waals surface area contributed by atoms with Crippen LogP contribution in [0.2, 0.25) is 0 Å². The van der Waals surface area contributed by atoms with Gasteiger partial charge in [-0.2, -0.15) is 0 Å². The van der Waals surface area contributed by atoms with E-state index in [2.05, 4.69) is 41.5 Å². The first kappa shape index (κ1) is 13.6. The van der Waals surface area contributed by atoms with Crippen molar-refractivity contribution in [1.29, 1.82) is 0 Å². The maximum atomic E-state index is 4.54. The van der Waals surface area contributed by atoms with E-state index in [9.17, 15) is 0 Å². The minimum absolute atomic E-state index is 0.663. The normalized spacial score (nSPS) is 23.6. The standard InChI is InChI=1S/C18H24N2/c1-14-7-3-2-4-11-17(14)20-13-16-9-5-8-15-10-6-12-19-18(15)16/h5-6,8-10,12,14,17,20H,2-4,7,11,13H2,1H3. The number of rotatable bonds is 3. The van der Waals surface area contributed by atoms with E-state index in [0.717, 1.165) is 18.0 Å². The molecule has 106 valence electrons. The van der Waals surface area contributed by atoms with E-state index in [4.69, 9.17) is 0 Å². The molecule has 2 nitrogen and oxygen atoms in total. The fourth-order valence-electron chi connectivity index (χ4n) is 3.35. The second-order valence-corrected chi connectivity index (χ2v) is 6.09. The van der Waals surface area contributed by atoms with Crippen molar-refractivity contribution >= 4 is 10.9 Å². The predicted octanol–water partition coefficient (Wildman–Crippen LogP) is 4.29. The Balaban J connectivity index is 1.73. The zero-order valence-corrected chi connectivity index (χ0v) is 12.3. The molecule has 1 fully saturated rings. The van der Waals surface area contributed by atoms with Crippen molar-refractivity contribution in [2.24, 2.45) is 5.92 Å². The van der Waals surface area contributed by atoms with Gasteiger partial charge in [-0.15, -0.1) is 0 Å². The van der Waals surface area contributed by atoms with E-state index >= 15 is 0 Å². The Morgan fingerprint density at radius 2 is 1.95 bits per heavy atom. The summed E-state index contributed by atoms with van der Waals surface area (Å²) in [6.07, 6.45) is 8.74. The molecule has 1 aromatic carbocycles. The maximum absolute atomic E-state index is 4.54. The van der Waals surface area contributed by atoms with Crippen LogP contribution in [0.15, 0.2) is 36.5 Å². The van der Waals surface area contributed by atoms with Crippen molar-refractivity contribution in [3.05, 3.63) is 42.1 Å². The van der Waals surface area contributed by atoms with Gasteiger partial charge in [0.15, 0.2) is 0 Å². The first-order valence-corrected chi connectivity index (χ1v) is 7.90. The van der Waals surface area contributed by atoms with Crippen LogP contribution >= 0.6 is 0 Å². The Morgan fingerprint density at radius 1 is 1.10 bits per heavy atom. The number of para-hydroxylation sites is 1. The molecule has 0 saturated heterocycles. The third-order valence-electron chi connectivity index (χ3n) is 4.63. The largest absolute Gasteiger partial charge is 0.310 e. The quantitative estimate of drug-likeness (QED) is 0.840. The van der Waals surface area contributed by atoms with E-state index in [1.165, 1.54) is 43.1 Å². The van der Waals surface area contributed by atoms with Gasteiger partial charge in [-0.1, -0.05) is 50.5 Å². The summed E-state index contributed by atoms with van der Waals surface area (Å²) in [6, 6.07) is 11.3. The van der Waals surface area contributed by atoms with Gasteiger partial charge < -0.3 is 5.32 Å². The Morgan fingerprint density at radius 3 is 2.90 bits per heavy atom. The molecule has 0 aliphatic heterocycles. The summed E-state index contributed by atoms with van der Waals surface area (Å²) in [5.74, 6) is 0.792. The molecule has 1 aliphatic rings. The molecule has 20 heavy (non-hydrogen) atoms. The van der Waals surface area contributed by atoms with Crippen LogP contribution in [-0.4, -0.2) is 11.0 Å². The fraction of sp³-hybridized carbons (Fsp3) is 0.500. The van der Waals surface area contributed by atoms with E-state index in [0.29, 0.717) is 6.04 Å². The molecule has 2 atom stereocenters. The van der Waals surface area contributed by atoms with Crippen LogP contribution < -0.4 is 5.32 Å². The van der Waals surface area contributed by atoms with E-state index in [-0.39, 0.29) is 0 Å². The second-order valence-electron chi connectivity index (χ2n) is 6.09. The Kier molecular flexibility index (Phi) is 4.31. The van der Waals surface area contributed by atoms with Crippen LogP contribution in [0.3, 0.4) is 0 Å². The smallest absolute Gasteiger partial charge is 0.0746 e. The van der Waals surface area contributed by atoms with Crippen molar-refractivity contribution in [3.8, 4) is 0 Å². The summed E-state index contributed by atoms with van der Waals surface area (Å²) in [5, 5.41) is 5.02. The molecule has 2 aromatic rings. The van der Waals surface area contributed by atoms with Gasteiger partial charge in [-0.3, -0.25) is 4.98 Å². The summed E-state index contributed by atoms with van der Waals surface area (Å²) >= 11 is 0. The lowest BCUT2D eigenvalue weighted by Crippen LogP contribution is -2.33. The molecule has 1 heterocycles. The van der Waals surface area contributed by atoms with E-state index < -0.39 is 0 Å². The number of hydrogen-bond donors (Lipinski definition) is 1. The van der Waals surface area contributed by atoms with Gasteiger partial charge in [0.2, 0.25) is 0 Å². The number of fused-ring (bicyclic) bond motifs is 1. The lowest BCUT2D eigenvalue weighted by Gasteiger charge is -2.23. The Bertz CT molecular complexity index is 559. The molecule has 3 rings (SSSR count). The lowest BCUT2D eigenvalue weighted by molar-refractivity contribution is 0.356. The summed E-state index contributed by atoms with van der Waals surface area (Å²) in [4.78, 5) is 4.54. The van der Waals surface area contributed by atoms with Crippen molar-refractivity contribution in [1.82, 2.24) is 10.3 Å². The predicted molar refractivity (Wildman–Crippen MR) is 84.6 cm³/mol. The van der Waals surface area contributed by atoms with E-state index in [1.54, 1.807) is 0 Å². The van der Waals surface area contributed by atoms with Crippen LogP contribution in [0, 0.1) is 5.92 Å². The molecule has 0 amide bonds. The molecule has 1 aliphatic carbocycles. The zero-order chi connectivity index (χ0) is 13.8. The van der Waals surface area contributed by atoms with Crippen molar-refractivity contribution in [2.75, 3.05) is 0 Å². The number of nitrogens with zero attached hydrogens (tertiary/aromatic N) is 1. The van der Waals surface area contributed by atoms with Gasteiger partial charge in [-0.25, -0.2) is 0 Å². The molecule has 1 N–H and O–H groups in total. The summed E-state index contributed by atoms with van der Waals surface area (Å²) in [6.45, 7) is 3.33. The molecule has 1 saturated carbocycles. The molecule has 1 aromatic heterocycles. The zero-order valence-electron chi connectivity index (χ0n) is 12.3. The third-order valence-corrected chi connectivity index (χ3v) is 4.63. The summed E-state index contributed by atoms with van der Waals surface area (Å²) in [5.41, 5.74) is 2.46. The van der Waals surface area contributed by atoms with Crippen molar-refractivity contribution in [3.63, 3.8) is 0 Å². The fourth-order valence-corrected chi connectivity index (χ4v) is 3.35. The number of nitrogens with one attached hydrogen (secondary N) is 1. The minimum Gasteiger partial charge on any atom is -0.310 e. The topological polar surface area (TPSA) is 24.9 Å². The highest BCUT2D eigenvalue weighted by molar-refractivity contribution is 5.81. The molecule has 0 radical (unpaired) electrons. The highest BCUT2D eigenvalue weighted by Gasteiger charge is 2.19. The van der Waals surface area contributed by atoms with Crippen LogP contribution in [0.4, 0.5) is 0 Å². The Hall–Kier alpha value is -1.41. The average Bonchev–Trinajstić information content (AvgIpc) is 2.69. The minimum atomic E-state index is 0.663. The van der Waals surface area contributed by atoms with E-state index in [1.807, 2.05) is 12.3 Å². The Labute approximate surface area is 121 Å². The molecular weight excluding hydrogens is 244 g/mol. The third kappa shape index (κ3) is 3.01. The van der Waals surface area contributed by atoms with Gasteiger partial charge in [0.05, 0.1) is 5.52 Å². The summed E-state index contributed by atoms with van der Waals surface area (Å²) < 4.78 is 0. The maximum Gasteiger partial charge on any atom is 0.0746 e. The average molecular weight is 268 g/mol. The molecule has 2 unspecified atom stereocenters. The van der Waals surface area contributed by atoms with Gasteiger partial charge in [0, 0.05) is 24.2 Å². The molecule has 0 bridgehead atoms. The van der Waals surface area contributed by atoms with Crippen LogP contribution in [-0.2, 0) is 6.54 Å². The van der Waals surface area contributed by atoms with Crippen LogP contribution in [0.25, 0.3) is 10.9 Å². The van der Waals surface area contributed by atoms with Crippen molar-refractivity contribution in [2.45, 2.75) is 51.6 Å².